The van der Waals surface area contributed by atoms with Crippen LogP contribution in [0, 0.1) is 0 Å². The van der Waals surface area contributed by atoms with Crippen molar-refractivity contribution in [2.75, 3.05) is 13.1 Å². The number of aromatic nitrogens is 2. The number of benzene rings is 1. The number of amides is 2. The van der Waals surface area contributed by atoms with Crippen LogP contribution >= 0.6 is 0 Å². The summed E-state index contributed by atoms with van der Waals surface area (Å²) in [4.78, 5) is 26.7. The molecule has 2 aromatic heterocycles. The number of carbonyl (C=O) groups excluding carboxylic acids is 2. The molecular weight excluding hydrogens is 344 g/mol. The van der Waals surface area contributed by atoms with E-state index in [0.717, 1.165) is 24.1 Å². The molecule has 2 N–H and O–H groups in total. The van der Waals surface area contributed by atoms with E-state index >= 15 is 0 Å². The Morgan fingerprint density at radius 3 is 2.74 bits per heavy atom. The summed E-state index contributed by atoms with van der Waals surface area (Å²) < 4.78 is 5.19. The molecule has 0 saturated carbocycles. The molecule has 0 radical (unpaired) electrons. The number of nitrogens with one attached hydrogen (secondary N) is 2. The average Bonchev–Trinajstić information content (AvgIpc) is 3.42. The SMILES string of the molecule is O=C(NC1CCCN(C(=O)c2ccco2)C1)c1ccc(-c2ccn[nH]2)cc1. The first-order chi connectivity index (χ1) is 13.2. The quantitative estimate of drug-likeness (QED) is 0.745. The number of nitrogens with zero attached hydrogens (tertiary/aromatic N) is 2. The molecule has 1 saturated heterocycles. The third-order valence-corrected chi connectivity index (χ3v) is 4.73. The first-order valence-corrected chi connectivity index (χ1v) is 8.94. The van der Waals surface area contributed by atoms with Crippen LogP contribution < -0.4 is 5.32 Å². The monoisotopic (exact) mass is 364 g/mol. The predicted octanol–water partition coefficient (Wildman–Crippen LogP) is 2.70. The fourth-order valence-corrected chi connectivity index (χ4v) is 3.32. The fourth-order valence-electron chi connectivity index (χ4n) is 3.32. The number of hydrogen-bond donors (Lipinski definition) is 2. The molecule has 1 aliphatic heterocycles. The van der Waals surface area contributed by atoms with Crippen LogP contribution in [0.15, 0.2) is 59.3 Å². The topological polar surface area (TPSA) is 91.2 Å². The second-order valence-corrected chi connectivity index (χ2v) is 6.59. The second-order valence-electron chi connectivity index (χ2n) is 6.59. The zero-order chi connectivity index (χ0) is 18.6. The van der Waals surface area contributed by atoms with Crippen molar-refractivity contribution in [3.8, 4) is 11.3 Å². The number of piperidine rings is 1. The van der Waals surface area contributed by atoms with Crippen molar-refractivity contribution in [2.24, 2.45) is 0 Å². The lowest BCUT2D eigenvalue weighted by atomic mass is 10.0. The Hall–Kier alpha value is -3.35. The summed E-state index contributed by atoms with van der Waals surface area (Å²) in [6.45, 7) is 1.16. The lowest BCUT2D eigenvalue weighted by molar-refractivity contribution is 0.0647. The molecule has 138 valence electrons. The molecule has 1 atom stereocenters. The summed E-state index contributed by atoms with van der Waals surface area (Å²) in [5.41, 5.74) is 2.46. The Bertz CT molecular complexity index is 901. The van der Waals surface area contributed by atoms with Crippen LogP contribution in [0.2, 0.25) is 0 Å². The van der Waals surface area contributed by atoms with Crippen LogP contribution in [0.25, 0.3) is 11.3 Å². The van der Waals surface area contributed by atoms with Crippen molar-refractivity contribution in [1.82, 2.24) is 20.4 Å². The summed E-state index contributed by atoms with van der Waals surface area (Å²) >= 11 is 0. The lowest BCUT2D eigenvalue weighted by Gasteiger charge is -2.32. The van der Waals surface area contributed by atoms with Gasteiger partial charge in [0, 0.05) is 30.9 Å². The summed E-state index contributed by atoms with van der Waals surface area (Å²) in [6.07, 6.45) is 4.87. The Morgan fingerprint density at radius 1 is 1.19 bits per heavy atom. The number of furan rings is 1. The van der Waals surface area contributed by atoms with Crippen LogP contribution in [-0.4, -0.2) is 46.0 Å². The summed E-state index contributed by atoms with van der Waals surface area (Å²) in [5, 5.41) is 9.87. The summed E-state index contributed by atoms with van der Waals surface area (Å²) in [6, 6.07) is 12.5. The van der Waals surface area contributed by atoms with E-state index in [1.807, 2.05) is 18.2 Å². The average molecular weight is 364 g/mol. The third kappa shape index (κ3) is 3.76. The standard InChI is InChI=1S/C20H20N4O3/c25-19(15-7-5-14(6-8-15)17-9-10-21-23-17)22-16-3-1-11-24(13-16)20(26)18-4-2-12-27-18/h2,4-10,12,16H,1,3,11,13H2,(H,21,23)(H,22,25). The largest absolute Gasteiger partial charge is 0.459 e. The van der Waals surface area contributed by atoms with Crippen LogP contribution in [0.4, 0.5) is 0 Å². The van der Waals surface area contributed by atoms with Crippen molar-refractivity contribution < 1.29 is 14.0 Å². The molecule has 0 aliphatic carbocycles. The number of H-pyrrole nitrogens is 1. The van der Waals surface area contributed by atoms with Crippen molar-refractivity contribution in [2.45, 2.75) is 18.9 Å². The molecule has 3 aromatic rings. The highest BCUT2D eigenvalue weighted by Gasteiger charge is 2.27. The molecule has 3 heterocycles. The molecule has 0 bridgehead atoms. The maximum Gasteiger partial charge on any atom is 0.289 e. The molecule has 7 nitrogen and oxygen atoms in total. The number of carbonyl (C=O) groups is 2. The van der Waals surface area contributed by atoms with Gasteiger partial charge in [-0.05, 0) is 48.7 Å². The van der Waals surface area contributed by atoms with Gasteiger partial charge in [0.1, 0.15) is 0 Å². The maximum atomic E-state index is 12.6. The first-order valence-electron chi connectivity index (χ1n) is 8.94. The van der Waals surface area contributed by atoms with Crippen molar-refractivity contribution >= 4 is 11.8 Å². The second kappa shape index (κ2) is 7.49. The zero-order valence-corrected chi connectivity index (χ0v) is 14.7. The van der Waals surface area contributed by atoms with Gasteiger partial charge in [-0.1, -0.05) is 12.1 Å². The number of rotatable bonds is 4. The Labute approximate surface area is 156 Å². The first kappa shape index (κ1) is 17.1. The van der Waals surface area contributed by atoms with Gasteiger partial charge < -0.3 is 14.6 Å². The van der Waals surface area contributed by atoms with Crippen molar-refractivity contribution in [3.63, 3.8) is 0 Å². The molecular formula is C20H20N4O3. The Morgan fingerprint density at radius 2 is 2.04 bits per heavy atom. The Kier molecular flexibility index (Phi) is 4.74. The van der Waals surface area contributed by atoms with E-state index in [4.69, 9.17) is 4.42 Å². The molecule has 7 heteroatoms. The maximum absolute atomic E-state index is 12.6. The van der Waals surface area contributed by atoms with Crippen molar-refractivity contribution in [3.05, 3.63) is 66.2 Å². The number of aromatic amines is 1. The Balaban J connectivity index is 1.38. The van der Waals surface area contributed by atoms with E-state index in [9.17, 15) is 9.59 Å². The van der Waals surface area contributed by atoms with Gasteiger partial charge in [-0.15, -0.1) is 0 Å². The molecule has 1 aliphatic rings. The minimum Gasteiger partial charge on any atom is -0.459 e. The molecule has 1 unspecified atom stereocenters. The highest BCUT2D eigenvalue weighted by molar-refractivity contribution is 5.95. The normalized spacial score (nSPS) is 16.9. The van der Waals surface area contributed by atoms with Gasteiger partial charge in [0.2, 0.25) is 0 Å². The van der Waals surface area contributed by atoms with E-state index < -0.39 is 0 Å². The minimum absolute atomic E-state index is 0.0718. The van der Waals surface area contributed by atoms with E-state index in [-0.39, 0.29) is 17.9 Å². The molecule has 27 heavy (non-hydrogen) atoms. The molecule has 0 spiro atoms. The summed E-state index contributed by atoms with van der Waals surface area (Å²) in [7, 11) is 0. The zero-order valence-electron chi connectivity index (χ0n) is 14.7. The summed E-state index contributed by atoms with van der Waals surface area (Å²) in [5.74, 6) is 0.0580. The predicted molar refractivity (Wildman–Crippen MR) is 99.1 cm³/mol. The smallest absolute Gasteiger partial charge is 0.289 e. The fraction of sp³-hybridized carbons (Fsp3) is 0.250. The van der Waals surface area contributed by atoms with E-state index in [1.165, 1.54) is 6.26 Å². The number of likely N-dealkylation sites (tertiary alicyclic amines) is 1. The lowest BCUT2D eigenvalue weighted by Crippen LogP contribution is -2.49. The van der Waals surface area contributed by atoms with Gasteiger partial charge in [-0.3, -0.25) is 14.7 Å². The minimum atomic E-state index is -0.136. The van der Waals surface area contributed by atoms with Gasteiger partial charge in [0.05, 0.1) is 12.0 Å². The van der Waals surface area contributed by atoms with Crippen LogP contribution in [0.5, 0.6) is 0 Å². The van der Waals surface area contributed by atoms with Crippen LogP contribution in [0.1, 0.15) is 33.8 Å². The van der Waals surface area contributed by atoms with Crippen LogP contribution in [-0.2, 0) is 0 Å². The van der Waals surface area contributed by atoms with Gasteiger partial charge in [-0.2, -0.15) is 5.10 Å². The molecule has 1 fully saturated rings. The molecule has 2 amide bonds. The molecule has 4 rings (SSSR count). The van der Waals surface area contributed by atoms with E-state index in [0.29, 0.717) is 24.4 Å². The highest BCUT2D eigenvalue weighted by atomic mass is 16.3. The molecule has 1 aromatic carbocycles. The third-order valence-electron chi connectivity index (χ3n) is 4.73. The number of hydrogen-bond acceptors (Lipinski definition) is 4. The van der Waals surface area contributed by atoms with E-state index in [1.54, 1.807) is 35.4 Å². The van der Waals surface area contributed by atoms with Gasteiger partial charge in [-0.25, -0.2) is 0 Å². The van der Waals surface area contributed by atoms with E-state index in [2.05, 4.69) is 15.5 Å². The van der Waals surface area contributed by atoms with Gasteiger partial charge in [0.25, 0.3) is 11.8 Å². The van der Waals surface area contributed by atoms with Gasteiger partial charge in [0.15, 0.2) is 5.76 Å². The van der Waals surface area contributed by atoms with Crippen LogP contribution in [0.3, 0.4) is 0 Å². The van der Waals surface area contributed by atoms with Gasteiger partial charge >= 0.3 is 0 Å². The van der Waals surface area contributed by atoms with Crippen molar-refractivity contribution in [1.29, 1.82) is 0 Å². The highest BCUT2D eigenvalue weighted by Crippen LogP contribution is 2.18.